The van der Waals surface area contributed by atoms with Crippen molar-refractivity contribution in [3.8, 4) is 0 Å². The SMILES string of the molecule is Cc1cc(S(=O)(=O)NCC(c2ccco2)N2CCc3ccccc3C2)ccc1F. The van der Waals surface area contributed by atoms with Crippen molar-refractivity contribution in [3.63, 3.8) is 0 Å². The van der Waals surface area contributed by atoms with Crippen LogP contribution in [-0.2, 0) is 23.0 Å². The highest BCUT2D eigenvalue weighted by atomic mass is 32.2. The van der Waals surface area contributed by atoms with E-state index in [2.05, 4.69) is 21.8 Å². The Morgan fingerprint density at radius 3 is 2.66 bits per heavy atom. The Balaban J connectivity index is 1.55. The van der Waals surface area contributed by atoms with E-state index >= 15 is 0 Å². The van der Waals surface area contributed by atoms with Gasteiger partial charge in [0.25, 0.3) is 0 Å². The van der Waals surface area contributed by atoms with Gasteiger partial charge < -0.3 is 4.42 Å². The van der Waals surface area contributed by atoms with E-state index in [-0.39, 0.29) is 17.5 Å². The van der Waals surface area contributed by atoms with E-state index in [0.29, 0.717) is 11.3 Å². The molecule has 5 nitrogen and oxygen atoms in total. The van der Waals surface area contributed by atoms with Crippen LogP contribution in [0, 0.1) is 12.7 Å². The Kier molecular flexibility index (Phi) is 5.54. The zero-order valence-corrected chi connectivity index (χ0v) is 17.0. The number of benzene rings is 2. The Morgan fingerprint density at radius 1 is 1.14 bits per heavy atom. The molecular formula is C22H23FN2O3S. The highest BCUT2D eigenvalue weighted by molar-refractivity contribution is 7.89. The largest absolute Gasteiger partial charge is 0.468 e. The molecule has 29 heavy (non-hydrogen) atoms. The van der Waals surface area contributed by atoms with Crippen LogP contribution < -0.4 is 4.72 Å². The van der Waals surface area contributed by atoms with Gasteiger partial charge >= 0.3 is 0 Å². The van der Waals surface area contributed by atoms with E-state index in [1.54, 1.807) is 19.3 Å². The number of rotatable bonds is 6. The number of halogens is 1. The third-order valence-corrected chi connectivity index (χ3v) is 6.80. The van der Waals surface area contributed by atoms with Crippen molar-refractivity contribution in [2.45, 2.75) is 30.8 Å². The number of hydrogen-bond acceptors (Lipinski definition) is 4. The van der Waals surface area contributed by atoms with Gasteiger partial charge in [0.05, 0.1) is 17.2 Å². The molecule has 1 aliphatic rings. The Bertz CT molecular complexity index is 1100. The first kappa shape index (κ1) is 19.8. The lowest BCUT2D eigenvalue weighted by atomic mass is 9.98. The maximum Gasteiger partial charge on any atom is 0.240 e. The number of sulfonamides is 1. The standard InChI is InChI=1S/C22H23FN2O3S/c1-16-13-19(8-9-20(16)23)29(26,27)24-14-21(22-7-4-12-28-22)25-11-10-17-5-2-3-6-18(17)15-25/h2-9,12-13,21,24H,10-11,14-15H2,1H3. The zero-order valence-electron chi connectivity index (χ0n) is 16.1. The first-order valence-electron chi connectivity index (χ1n) is 9.54. The van der Waals surface area contributed by atoms with Gasteiger partial charge in [-0.2, -0.15) is 0 Å². The topological polar surface area (TPSA) is 62.6 Å². The van der Waals surface area contributed by atoms with Crippen molar-refractivity contribution in [2.75, 3.05) is 13.1 Å². The Labute approximate surface area is 170 Å². The van der Waals surface area contributed by atoms with Gasteiger partial charge in [-0.15, -0.1) is 0 Å². The van der Waals surface area contributed by atoms with Gasteiger partial charge in [-0.3, -0.25) is 4.90 Å². The summed E-state index contributed by atoms with van der Waals surface area (Å²) in [5.74, 6) is 0.284. The Hall–Kier alpha value is -2.48. The summed E-state index contributed by atoms with van der Waals surface area (Å²) in [5, 5.41) is 0. The lowest BCUT2D eigenvalue weighted by molar-refractivity contribution is 0.160. The molecule has 0 aliphatic carbocycles. The van der Waals surface area contributed by atoms with Crippen molar-refractivity contribution >= 4 is 10.0 Å². The molecular weight excluding hydrogens is 391 g/mol. The summed E-state index contributed by atoms with van der Waals surface area (Å²) >= 11 is 0. The van der Waals surface area contributed by atoms with E-state index in [0.717, 1.165) is 19.5 Å². The molecule has 0 bridgehead atoms. The summed E-state index contributed by atoms with van der Waals surface area (Å²) in [6.07, 6.45) is 2.50. The van der Waals surface area contributed by atoms with Crippen LogP contribution in [0.15, 0.2) is 70.2 Å². The Morgan fingerprint density at radius 2 is 1.93 bits per heavy atom. The summed E-state index contributed by atoms with van der Waals surface area (Å²) in [4.78, 5) is 2.28. The summed E-state index contributed by atoms with van der Waals surface area (Å²) in [5.41, 5.74) is 2.86. The molecule has 1 unspecified atom stereocenters. The third kappa shape index (κ3) is 4.27. The van der Waals surface area contributed by atoms with Crippen LogP contribution in [0.4, 0.5) is 4.39 Å². The maximum atomic E-state index is 13.5. The van der Waals surface area contributed by atoms with Crippen molar-refractivity contribution in [2.24, 2.45) is 0 Å². The fourth-order valence-corrected chi connectivity index (χ4v) is 4.85. The summed E-state index contributed by atoms with van der Waals surface area (Å²) in [6.45, 7) is 3.23. The molecule has 1 atom stereocenters. The molecule has 4 rings (SSSR count). The average molecular weight is 415 g/mol. The molecule has 1 aliphatic heterocycles. The number of nitrogens with zero attached hydrogens (tertiary/aromatic N) is 1. The molecule has 1 N–H and O–H groups in total. The second-order valence-electron chi connectivity index (χ2n) is 7.28. The van der Waals surface area contributed by atoms with E-state index in [1.807, 2.05) is 18.2 Å². The molecule has 0 spiro atoms. The molecule has 2 heterocycles. The van der Waals surface area contributed by atoms with Crippen LogP contribution in [0.1, 0.15) is 28.5 Å². The second kappa shape index (κ2) is 8.10. The van der Waals surface area contributed by atoms with Gasteiger partial charge in [0.1, 0.15) is 11.6 Å². The predicted molar refractivity (Wildman–Crippen MR) is 108 cm³/mol. The normalized spacial score (nSPS) is 15.8. The van der Waals surface area contributed by atoms with Crippen LogP contribution in [0.2, 0.25) is 0 Å². The highest BCUT2D eigenvalue weighted by Crippen LogP contribution is 2.28. The number of aryl methyl sites for hydroxylation is 1. The number of fused-ring (bicyclic) bond motifs is 1. The van der Waals surface area contributed by atoms with Crippen LogP contribution in [0.3, 0.4) is 0 Å². The molecule has 0 radical (unpaired) electrons. The van der Waals surface area contributed by atoms with E-state index in [1.165, 1.54) is 29.3 Å². The minimum absolute atomic E-state index is 0.0542. The smallest absolute Gasteiger partial charge is 0.240 e. The molecule has 0 fully saturated rings. The minimum Gasteiger partial charge on any atom is -0.468 e. The molecule has 3 aromatic rings. The fourth-order valence-electron chi connectivity index (χ4n) is 3.73. The van der Waals surface area contributed by atoms with E-state index < -0.39 is 15.8 Å². The van der Waals surface area contributed by atoms with Gasteiger partial charge in [-0.25, -0.2) is 17.5 Å². The molecule has 1 aromatic heterocycles. The molecule has 152 valence electrons. The third-order valence-electron chi connectivity index (χ3n) is 5.38. The predicted octanol–water partition coefficient (Wildman–Crippen LogP) is 3.81. The quantitative estimate of drug-likeness (QED) is 0.666. The van der Waals surface area contributed by atoms with Crippen LogP contribution in [0.5, 0.6) is 0 Å². The van der Waals surface area contributed by atoms with Crippen molar-refractivity contribution < 1.29 is 17.2 Å². The number of furan rings is 1. The first-order chi connectivity index (χ1) is 13.9. The molecule has 0 saturated carbocycles. The van der Waals surface area contributed by atoms with Gasteiger partial charge in [-0.05, 0) is 60.4 Å². The molecule has 7 heteroatoms. The van der Waals surface area contributed by atoms with Gasteiger partial charge in [0, 0.05) is 19.6 Å². The highest BCUT2D eigenvalue weighted by Gasteiger charge is 2.28. The van der Waals surface area contributed by atoms with Crippen LogP contribution >= 0.6 is 0 Å². The molecule has 2 aromatic carbocycles. The van der Waals surface area contributed by atoms with E-state index in [9.17, 15) is 12.8 Å². The minimum atomic E-state index is -3.77. The lowest BCUT2D eigenvalue weighted by Gasteiger charge is -2.34. The first-order valence-corrected chi connectivity index (χ1v) is 11.0. The second-order valence-corrected chi connectivity index (χ2v) is 9.05. The maximum absolute atomic E-state index is 13.5. The molecule has 0 saturated heterocycles. The molecule has 0 amide bonds. The van der Waals surface area contributed by atoms with Gasteiger partial charge in [-0.1, -0.05) is 24.3 Å². The average Bonchev–Trinajstić information content (AvgIpc) is 3.24. The van der Waals surface area contributed by atoms with Crippen molar-refractivity contribution in [1.29, 1.82) is 0 Å². The van der Waals surface area contributed by atoms with Crippen LogP contribution in [-0.4, -0.2) is 26.4 Å². The van der Waals surface area contributed by atoms with Gasteiger partial charge in [0.15, 0.2) is 0 Å². The van der Waals surface area contributed by atoms with Crippen molar-refractivity contribution in [3.05, 3.63) is 89.1 Å². The van der Waals surface area contributed by atoms with Crippen molar-refractivity contribution in [1.82, 2.24) is 9.62 Å². The fraction of sp³-hybridized carbons (Fsp3) is 0.273. The monoisotopic (exact) mass is 414 g/mol. The zero-order chi connectivity index (χ0) is 20.4. The number of nitrogens with one attached hydrogen (secondary N) is 1. The summed E-state index contributed by atoms with van der Waals surface area (Å²) in [7, 11) is -3.77. The lowest BCUT2D eigenvalue weighted by Crippen LogP contribution is -2.40. The summed E-state index contributed by atoms with van der Waals surface area (Å²) < 4.78 is 47.3. The van der Waals surface area contributed by atoms with Crippen LogP contribution in [0.25, 0.3) is 0 Å². The number of hydrogen-bond donors (Lipinski definition) is 1. The van der Waals surface area contributed by atoms with Gasteiger partial charge in [0.2, 0.25) is 10.0 Å². The van der Waals surface area contributed by atoms with E-state index in [4.69, 9.17) is 4.42 Å². The summed E-state index contributed by atoms with van der Waals surface area (Å²) in [6, 6.07) is 15.5.